The lowest BCUT2D eigenvalue weighted by Gasteiger charge is -2.47. The summed E-state index contributed by atoms with van der Waals surface area (Å²) in [6.07, 6.45) is -18.0. The van der Waals surface area contributed by atoms with Crippen LogP contribution in [0.4, 0.5) is 0 Å². The Labute approximate surface area is 360 Å². The highest BCUT2D eigenvalue weighted by atomic mass is 16.8. The van der Waals surface area contributed by atoms with Crippen LogP contribution in [0.3, 0.4) is 0 Å². The van der Waals surface area contributed by atoms with Gasteiger partial charge in [0.1, 0.15) is 31.0 Å². The summed E-state index contributed by atoms with van der Waals surface area (Å²) in [6.45, 7) is -1.55. The predicted octanol–water partition coefficient (Wildman–Crippen LogP) is 3.93. The number of rotatable bonds is 14. The average molecular weight is 863 g/mol. The first-order valence-electron chi connectivity index (χ1n) is 19.8. The van der Waals surface area contributed by atoms with E-state index in [1.165, 1.54) is 60.7 Å². The summed E-state index contributed by atoms with van der Waals surface area (Å²) >= 11 is 0. The fourth-order valence-corrected chi connectivity index (χ4v) is 6.91. The predicted molar refractivity (Wildman–Crippen MR) is 217 cm³/mol. The van der Waals surface area contributed by atoms with E-state index in [1.807, 2.05) is 0 Å². The highest BCUT2D eigenvalue weighted by Gasteiger charge is 2.56. The van der Waals surface area contributed by atoms with E-state index in [-0.39, 0.29) is 27.8 Å². The van der Waals surface area contributed by atoms with Crippen molar-refractivity contribution in [2.24, 2.45) is 0 Å². The molecule has 5 aromatic rings. The number of aliphatic hydroxyl groups is 3. The molecule has 0 amide bonds. The Kier molecular flexibility index (Phi) is 14.7. The van der Waals surface area contributed by atoms with Gasteiger partial charge in [-0.15, -0.1) is 0 Å². The third kappa shape index (κ3) is 10.8. The number of hydrogen-bond acceptors (Lipinski definition) is 16. The van der Waals surface area contributed by atoms with E-state index in [2.05, 4.69) is 0 Å². The number of ether oxygens (including phenoxy) is 8. The third-order valence-electron chi connectivity index (χ3n) is 10.1. The number of carbonyl (C=O) groups excluding carboxylic acids is 5. The molecule has 2 saturated heterocycles. The van der Waals surface area contributed by atoms with Crippen molar-refractivity contribution in [2.45, 2.75) is 61.4 Å². The fraction of sp³-hybridized carbons (Fsp3) is 0.255. The molecule has 16 nitrogen and oxygen atoms in total. The van der Waals surface area contributed by atoms with Gasteiger partial charge in [0.25, 0.3) is 0 Å². The molecule has 2 aliphatic heterocycles. The van der Waals surface area contributed by atoms with Gasteiger partial charge in [0, 0.05) is 0 Å². The van der Waals surface area contributed by atoms with Gasteiger partial charge < -0.3 is 53.2 Å². The Morgan fingerprint density at radius 2 is 0.794 bits per heavy atom. The van der Waals surface area contributed by atoms with Gasteiger partial charge >= 0.3 is 29.8 Å². The monoisotopic (exact) mass is 862 g/mol. The van der Waals surface area contributed by atoms with Crippen LogP contribution in [-0.2, 0) is 37.9 Å². The van der Waals surface area contributed by atoms with Crippen LogP contribution >= 0.6 is 0 Å². The summed E-state index contributed by atoms with van der Waals surface area (Å²) in [6, 6.07) is 38.8. The van der Waals surface area contributed by atoms with E-state index in [0.717, 1.165) is 0 Å². The van der Waals surface area contributed by atoms with E-state index in [1.54, 1.807) is 91.0 Å². The molecule has 0 saturated carbocycles. The molecular formula is C47H42O16. The Morgan fingerprint density at radius 3 is 1.21 bits per heavy atom. The minimum Gasteiger partial charge on any atom is -0.459 e. The maximum atomic E-state index is 13.8. The summed E-state index contributed by atoms with van der Waals surface area (Å²) < 4.78 is 47.4. The Balaban J connectivity index is 1.27. The molecule has 3 N–H and O–H groups in total. The second-order valence-corrected chi connectivity index (χ2v) is 14.3. The lowest BCUT2D eigenvalue weighted by molar-refractivity contribution is -0.352. The van der Waals surface area contributed by atoms with Crippen molar-refractivity contribution in [3.8, 4) is 0 Å². The lowest BCUT2D eigenvalue weighted by atomic mass is 9.96. The van der Waals surface area contributed by atoms with Gasteiger partial charge in [-0.2, -0.15) is 0 Å². The third-order valence-corrected chi connectivity index (χ3v) is 10.1. The zero-order chi connectivity index (χ0) is 44.3. The van der Waals surface area contributed by atoms with Gasteiger partial charge in [-0.1, -0.05) is 91.0 Å². The molecular weight excluding hydrogens is 821 g/mol. The van der Waals surface area contributed by atoms with Crippen molar-refractivity contribution in [2.75, 3.05) is 13.2 Å². The largest absolute Gasteiger partial charge is 0.459 e. The Morgan fingerprint density at radius 1 is 0.429 bits per heavy atom. The topological polar surface area (TPSA) is 220 Å². The molecule has 0 aromatic heterocycles. The number of esters is 5. The van der Waals surface area contributed by atoms with Crippen LogP contribution in [0.5, 0.6) is 0 Å². The van der Waals surface area contributed by atoms with Crippen molar-refractivity contribution in [1.82, 2.24) is 0 Å². The minimum atomic E-state index is -2.04. The first-order chi connectivity index (χ1) is 30.6. The van der Waals surface area contributed by atoms with Crippen LogP contribution < -0.4 is 0 Å². The maximum absolute atomic E-state index is 13.8. The first-order valence-corrected chi connectivity index (χ1v) is 19.8. The first kappa shape index (κ1) is 44.3. The lowest BCUT2D eigenvalue weighted by Crippen LogP contribution is -2.66. The van der Waals surface area contributed by atoms with Gasteiger partial charge in [0.2, 0.25) is 0 Å². The average Bonchev–Trinajstić information content (AvgIpc) is 3.33. The quantitative estimate of drug-likeness (QED) is 0.106. The van der Waals surface area contributed by atoms with Crippen molar-refractivity contribution >= 4 is 29.8 Å². The van der Waals surface area contributed by atoms with Gasteiger partial charge in [-0.25, -0.2) is 24.0 Å². The molecule has 0 unspecified atom stereocenters. The normalized spacial score (nSPS) is 25.4. The molecule has 2 aliphatic rings. The van der Waals surface area contributed by atoms with Gasteiger partial charge in [0.15, 0.2) is 37.0 Å². The van der Waals surface area contributed by atoms with Crippen LogP contribution in [-0.4, -0.2) is 120 Å². The maximum Gasteiger partial charge on any atom is 0.338 e. The van der Waals surface area contributed by atoms with E-state index in [9.17, 15) is 39.3 Å². The molecule has 0 radical (unpaired) electrons. The van der Waals surface area contributed by atoms with Crippen molar-refractivity contribution < 1.29 is 77.2 Å². The number of benzene rings is 5. The second-order valence-electron chi connectivity index (χ2n) is 14.3. The summed E-state index contributed by atoms with van der Waals surface area (Å²) in [5, 5.41) is 34.1. The molecule has 0 aliphatic carbocycles. The van der Waals surface area contributed by atoms with Crippen LogP contribution in [0.2, 0.25) is 0 Å². The van der Waals surface area contributed by atoms with Crippen LogP contribution in [0.1, 0.15) is 51.8 Å². The van der Waals surface area contributed by atoms with E-state index >= 15 is 0 Å². The standard InChI is InChI=1S/C47H42O16/c48-26-33-36(59-42(51)29-18-8-2-9-19-29)35(49)38(60-43(52)30-20-10-3-11-21-30)47(58-33)63-37-34(27-56-41(50)28-16-6-1-7-17-28)57-46(55)40(62-45(54)32-24-14-5-15-25-32)39(37)61-44(53)31-22-12-4-13-23-31/h1-25,33-40,46-49,55H,26-27H2/t33-,34-,35+,36+,37-,38-,39+,40-,46-,47+/m1/s1. The zero-order valence-corrected chi connectivity index (χ0v) is 33.3. The number of carbonyl (C=O) groups is 5. The smallest absolute Gasteiger partial charge is 0.338 e. The van der Waals surface area contributed by atoms with Crippen molar-refractivity contribution in [1.29, 1.82) is 0 Å². The SMILES string of the molecule is O=C(OC[C@H]1O[C@@H](O)[C@H](OC(=O)c2ccccc2)[C@@H](OC(=O)c2ccccc2)[C@@H]1O[C@@H]1O[C@H](CO)[C@H](OC(=O)c2ccccc2)[C@H](O)[C@H]1OC(=O)c1ccccc1)c1ccccc1. The van der Waals surface area contributed by atoms with E-state index in [4.69, 9.17) is 37.9 Å². The summed E-state index contributed by atoms with van der Waals surface area (Å²) in [4.78, 5) is 67.5. The molecule has 0 bridgehead atoms. The van der Waals surface area contributed by atoms with Crippen molar-refractivity contribution in [3.63, 3.8) is 0 Å². The van der Waals surface area contributed by atoms with Crippen LogP contribution in [0, 0.1) is 0 Å². The van der Waals surface area contributed by atoms with Crippen LogP contribution in [0.15, 0.2) is 152 Å². The molecule has 5 aromatic carbocycles. The zero-order valence-electron chi connectivity index (χ0n) is 33.3. The molecule has 63 heavy (non-hydrogen) atoms. The summed E-state index contributed by atoms with van der Waals surface area (Å²) in [7, 11) is 0. The molecule has 326 valence electrons. The van der Waals surface area contributed by atoms with E-state index in [0.29, 0.717) is 0 Å². The number of hydrogen-bond donors (Lipinski definition) is 3. The summed E-state index contributed by atoms with van der Waals surface area (Å²) in [5.41, 5.74) is 0.398. The molecule has 7 rings (SSSR count). The summed E-state index contributed by atoms with van der Waals surface area (Å²) in [5.74, 6) is -4.62. The second kappa shape index (κ2) is 20.9. The Bertz CT molecular complexity index is 2300. The minimum absolute atomic E-state index is 0.0415. The van der Waals surface area contributed by atoms with E-state index < -0.39 is 104 Å². The molecule has 2 fully saturated rings. The molecule has 16 heteroatoms. The molecule has 0 spiro atoms. The highest BCUT2D eigenvalue weighted by Crippen LogP contribution is 2.35. The van der Waals surface area contributed by atoms with Crippen molar-refractivity contribution in [3.05, 3.63) is 179 Å². The molecule has 10 atom stereocenters. The van der Waals surface area contributed by atoms with Crippen LogP contribution in [0.25, 0.3) is 0 Å². The fourth-order valence-electron chi connectivity index (χ4n) is 6.91. The Hall–Kier alpha value is -6.79. The van der Waals surface area contributed by atoms with Gasteiger partial charge in [-0.05, 0) is 60.7 Å². The number of aliphatic hydroxyl groups excluding tert-OH is 3. The molecule has 2 heterocycles. The van der Waals surface area contributed by atoms with Gasteiger partial charge in [-0.3, -0.25) is 0 Å². The van der Waals surface area contributed by atoms with Gasteiger partial charge in [0.05, 0.1) is 34.4 Å². The highest BCUT2D eigenvalue weighted by molar-refractivity contribution is 5.91.